The van der Waals surface area contributed by atoms with E-state index in [2.05, 4.69) is 25.8 Å². The number of hydrogen-bond acceptors (Lipinski definition) is 7. The zero-order valence-corrected chi connectivity index (χ0v) is 15.8. The Morgan fingerprint density at radius 1 is 1.40 bits per heavy atom. The van der Waals surface area contributed by atoms with Gasteiger partial charge in [0.2, 0.25) is 11.1 Å². The first kappa shape index (κ1) is 17.6. The van der Waals surface area contributed by atoms with E-state index in [0.717, 1.165) is 22.0 Å². The number of nitrogens with zero attached hydrogens (tertiary/aromatic N) is 5. The Balaban J connectivity index is 1.62. The Kier molecular flexibility index (Phi) is 5.44. The van der Waals surface area contributed by atoms with E-state index in [1.54, 1.807) is 16.0 Å². The number of amides is 1. The number of nitrogens with one attached hydrogen (secondary N) is 1. The second-order valence-corrected chi connectivity index (χ2v) is 7.67. The Morgan fingerprint density at radius 3 is 2.96 bits per heavy atom. The summed E-state index contributed by atoms with van der Waals surface area (Å²) in [5.41, 5.74) is 2.65. The van der Waals surface area contributed by atoms with Crippen LogP contribution in [0.3, 0.4) is 0 Å². The van der Waals surface area contributed by atoms with Crippen molar-refractivity contribution in [2.45, 2.75) is 32.0 Å². The molecule has 0 fully saturated rings. The van der Waals surface area contributed by atoms with E-state index in [1.165, 1.54) is 11.8 Å². The number of aryl methyl sites for hydroxylation is 1. The zero-order chi connectivity index (χ0) is 17.8. The summed E-state index contributed by atoms with van der Waals surface area (Å²) in [5.74, 6) is 0.141. The average molecular weight is 374 g/mol. The predicted octanol–water partition coefficient (Wildman–Crippen LogP) is 3.42. The minimum absolute atomic E-state index is 0.102. The highest BCUT2D eigenvalue weighted by Crippen LogP contribution is 2.24. The third-order valence-electron chi connectivity index (χ3n) is 3.35. The van der Waals surface area contributed by atoms with Crippen LogP contribution in [0.1, 0.15) is 24.9 Å². The topological polar surface area (TPSA) is 85.6 Å². The first-order chi connectivity index (χ1) is 12.0. The molecular weight excluding hydrogens is 356 g/mol. The van der Waals surface area contributed by atoms with Crippen molar-refractivity contribution in [1.29, 1.82) is 0 Å². The second kappa shape index (κ2) is 7.75. The highest BCUT2D eigenvalue weighted by molar-refractivity contribution is 7.99. The van der Waals surface area contributed by atoms with Gasteiger partial charge >= 0.3 is 0 Å². The first-order valence-corrected chi connectivity index (χ1v) is 9.62. The molecule has 0 aliphatic carbocycles. The Labute approximate surface area is 153 Å². The van der Waals surface area contributed by atoms with Gasteiger partial charge in [0, 0.05) is 16.6 Å². The van der Waals surface area contributed by atoms with Gasteiger partial charge in [-0.1, -0.05) is 23.9 Å². The molecule has 0 bridgehead atoms. The number of aromatic nitrogens is 5. The maximum absolute atomic E-state index is 12.2. The molecule has 130 valence electrons. The van der Waals surface area contributed by atoms with Crippen molar-refractivity contribution in [3.63, 3.8) is 0 Å². The van der Waals surface area contributed by atoms with Crippen LogP contribution >= 0.6 is 23.1 Å². The van der Waals surface area contributed by atoms with Crippen molar-refractivity contribution in [1.82, 2.24) is 25.2 Å². The molecule has 1 aromatic carbocycles. The summed E-state index contributed by atoms with van der Waals surface area (Å²) in [5, 5.41) is 18.1. The van der Waals surface area contributed by atoms with Crippen LogP contribution in [-0.2, 0) is 4.79 Å². The van der Waals surface area contributed by atoms with Crippen molar-refractivity contribution < 1.29 is 4.79 Å². The van der Waals surface area contributed by atoms with E-state index < -0.39 is 0 Å². The van der Waals surface area contributed by atoms with Crippen molar-refractivity contribution in [2.24, 2.45) is 0 Å². The Morgan fingerprint density at radius 2 is 2.24 bits per heavy atom. The maximum Gasteiger partial charge on any atom is 0.234 e. The standard InChI is InChI=1S/C16H18N6OS2/c1-10(2)22-16(19-20-21-22)25-9-15(23)18-13-6-4-5-12(7-13)14-8-24-11(3)17-14/h4-8,10H,9H2,1-3H3,(H,18,23). The van der Waals surface area contributed by atoms with E-state index in [0.29, 0.717) is 5.16 Å². The number of hydrogen-bond donors (Lipinski definition) is 1. The SMILES string of the molecule is Cc1nc(-c2cccc(NC(=O)CSc3nnnn3C(C)C)c2)cs1. The van der Waals surface area contributed by atoms with E-state index in [4.69, 9.17) is 0 Å². The molecule has 0 atom stereocenters. The van der Waals surface area contributed by atoms with E-state index >= 15 is 0 Å². The highest BCUT2D eigenvalue weighted by Gasteiger charge is 2.12. The smallest absolute Gasteiger partial charge is 0.234 e. The molecule has 25 heavy (non-hydrogen) atoms. The van der Waals surface area contributed by atoms with Crippen LogP contribution in [0.15, 0.2) is 34.8 Å². The summed E-state index contributed by atoms with van der Waals surface area (Å²) in [4.78, 5) is 16.7. The molecule has 0 saturated carbocycles. The number of anilines is 1. The van der Waals surface area contributed by atoms with Gasteiger partial charge in [0.15, 0.2) is 0 Å². The molecule has 3 aromatic rings. The molecule has 0 aliphatic heterocycles. The number of benzene rings is 1. The van der Waals surface area contributed by atoms with Crippen LogP contribution in [0.25, 0.3) is 11.3 Å². The fourth-order valence-corrected chi connectivity index (χ4v) is 3.61. The first-order valence-electron chi connectivity index (χ1n) is 7.76. The summed E-state index contributed by atoms with van der Waals surface area (Å²) in [6.07, 6.45) is 0. The van der Waals surface area contributed by atoms with Gasteiger partial charge in [-0.05, 0) is 43.3 Å². The van der Waals surface area contributed by atoms with E-state index in [1.807, 2.05) is 50.4 Å². The van der Waals surface area contributed by atoms with Crippen LogP contribution < -0.4 is 5.32 Å². The van der Waals surface area contributed by atoms with Crippen molar-refractivity contribution in [3.8, 4) is 11.3 Å². The zero-order valence-electron chi connectivity index (χ0n) is 14.1. The lowest BCUT2D eigenvalue weighted by Gasteiger charge is -2.08. The third-order valence-corrected chi connectivity index (χ3v) is 5.05. The number of carbonyl (C=O) groups is 1. The van der Waals surface area contributed by atoms with Gasteiger partial charge in [-0.25, -0.2) is 9.67 Å². The molecule has 7 nitrogen and oxygen atoms in total. The predicted molar refractivity (Wildman–Crippen MR) is 99.8 cm³/mol. The largest absolute Gasteiger partial charge is 0.325 e. The number of thioether (sulfide) groups is 1. The van der Waals surface area contributed by atoms with Crippen molar-refractivity contribution >= 4 is 34.7 Å². The number of thiazole rings is 1. The molecule has 2 aromatic heterocycles. The minimum Gasteiger partial charge on any atom is -0.325 e. The normalized spacial score (nSPS) is 11.0. The quantitative estimate of drug-likeness (QED) is 0.666. The lowest BCUT2D eigenvalue weighted by molar-refractivity contribution is -0.113. The lowest BCUT2D eigenvalue weighted by Crippen LogP contribution is -2.15. The van der Waals surface area contributed by atoms with Gasteiger partial charge < -0.3 is 5.32 Å². The van der Waals surface area contributed by atoms with Crippen LogP contribution in [0.5, 0.6) is 0 Å². The molecule has 0 unspecified atom stereocenters. The molecule has 0 aliphatic rings. The molecule has 0 saturated heterocycles. The molecule has 1 amide bonds. The van der Waals surface area contributed by atoms with E-state index in [9.17, 15) is 4.79 Å². The fraction of sp³-hybridized carbons (Fsp3) is 0.312. The molecule has 0 radical (unpaired) electrons. The van der Waals surface area contributed by atoms with Gasteiger partial charge in [-0.2, -0.15) is 0 Å². The molecule has 0 spiro atoms. The van der Waals surface area contributed by atoms with Crippen molar-refractivity contribution in [3.05, 3.63) is 34.7 Å². The van der Waals surface area contributed by atoms with Gasteiger partial charge in [-0.15, -0.1) is 16.4 Å². The summed E-state index contributed by atoms with van der Waals surface area (Å²) >= 11 is 2.92. The van der Waals surface area contributed by atoms with Crippen LogP contribution in [-0.4, -0.2) is 36.9 Å². The number of carbonyl (C=O) groups excluding carboxylic acids is 1. The fourth-order valence-electron chi connectivity index (χ4n) is 2.18. The molecule has 3 rings (SSSR count). The van der Waals surface area contributed by atoms with Crippen molar-refractivity contribution in [2.75, 3.05) is 11.1 Å². The van der Waals surface area contributed by atoms with E-state index in [-0.39, 0.29) is 17.7 Å². The summed E-state index contributed by atoms with van der Waals surface area (Å²) in [6, 6.07) is 7.83. The minimum atomic E-state index is -0.102. The molecule has 1 N–H and O–H groups in total. The van der Waals surface area contributed by atoms with Crippen LogP contribution in [0.2, 0.25) is 0 Å². The lowest BCUT2D eigenvalue weighted by atomic mass is 10.1. The maximum atomic E-state index is 12.2. The van der Waals surface area contributed by atoms with Gasteiger partial charge in [0.1, 0.15) is 0 Å². The van der Waals surface area contributed by atoms with Gasteiger partial charge in [0.25, 0.3) is 0 Å². The number of tetrazole rings is 1. The molecule has 2 heterocycles. The average Bonchev–Trinajstić information content (AvgIpc) is 3.22. The van der Waals surface area contributed by atoms with Gasteiger partial charge in [-0.3, -0.25) is 4.79 Å². The third kappa shape index (κ3) is 4.43. The Hall–Kier alpha value is -2.26. The second-order valence-electron chi connectivity index (χ2n) is 5.67. The summed E-state index contributed by atoms with van der Waals surface area (Å²) < 4.78 is 1.70. The Bertz CT molecular complexity index is 873. The summed E-state index contributed by atoms with van der Waals surface area (Å²) in [7, 11) is 0. The van der Waals surface area contributed by atoms with Crippen LogP contribution in [0, 0.1) is 6.92 Å². The molecular formula is C16H18N6OS2. The molecule has 9 heteroatoms. The summed E-state index contributed by atoms with van der Waals surface area (Å²) in [6.45, 7) is 5.96. The van der Waals surface area contributed by atoms with Gasteiger partial charge in [0.05, 0.1) is 22.5 Å². The highest BCUT2D eigenvalue weighted by atomic mass is 32.2. The monoisotopic (exact) mass is 374 g/mol. The van der Waals surface area contributed by atoms with Crippen LogP contribution in [0.4, 0.5) is 5.69 Å². The number of rotatable bonds is 6.